The highest BCUT2D eigenvalue weighted by Crippen LogP contribution is 2.26. The van der Waals surface area contributed by atoms with Crippen LogP contribution >= 0.6 is 11.6 Å². The summed E-state index contributed by atoms with van der Waals surface area (Å²) >= 11 is 5.90. The van der Waals surface area contributed by atoms with E-state index in [1.807, 2.05) is 12.1 Å². The molecule has 0 saturated carbocycles. The second kappa shape index (κ2) is 6.61. The zero-order chi connectivity index (χ0) is 17.4. The summed E-state index contributed by atoms with van der Waals surface area (Å²) in [4.78, 5) is 6.61. The first kappa shape index (κ1) is 16.3. The normalized spacial score (nSPS) is 18.6. The fraction of sp³-hybridized carbons (Fsp3) is 0.333. The van der Waals surface area contributed by atoms with Gasteiger partial charge in [0.1, 0.15) is 11.9 Å². The minimum absolute atomic E-state index is 0.0742. The van der Waals surface area contributed by atoms with Crippen LogP contribution in [0.3, 0.4) is 0 Å². The van der Waals surface area contributed by atoms with Gasteiger partial charge in [0.05, 0.1) is 16.9 Å². The minimum Gasteiger partial charge on any atom is -0.472 e. The van der Waals surface area contributed by atoms with E-state index < -0.39 is 5.82 Å². The lowest BCUT2D eigenvalue weighted by atomic mass is 10.1. The smallest absolute Gasteiger partial charge is 0.232 e. The lowest BCUT2D eigenvalue weighted by Gasteiger charge is -2.29. The summed E-state index contributed by atoms with van der Waals surface area (Å²) in [5, 5.41) is 4.63. The van der Waals surface area contributed by atoms with E-state index in [0.717, 1.165) is 37.2 Å². The average Bonchev–Trinajstić information content (AvgIpc) is 3.01. The van der Waals surface area contributed by atoms with Crippen molar-refractivity contribution in [3.63, 3.8) is 0 Å². The topological polar surface area (TPSA) is 42.7 Å². The summed E-state index contributed by atoms with van der Waals surface area (Å²) in [5.41, 5.74) is 2.19. The summed E-state index contributed by atoms with van der Waals surface area (Å²) in [7, 11) is 2.10. The molecular weight excluding hydrogens is 343 g/mol. The van der Waals surface area contributed by atoms with Crippen molar-refractivity contribution in [2.75, 3.05) is 20.1 Å². The van der Waals surface area contributed by atoms with Gasteiger partial charge in [-0.1, -0.05) is 11.6 Å². The molecule has 1 aromatic carbocycles. The molecule has 0 amide bonds. The maximum atomic E-state index is 13.4. The van der Waals surface area contributed by atoms with Gasteiger partial charge < -0.3 is 9.64 Å². The number of ether oxygens (including phenoxy) is 1. The molecule has 2 aromatic heterocycles. The van der Waals surface area contributed by atoms with Crippen LogP contribution in [0.1, 0.15) is 12.8 Å². The number of piperidine rings is 1. The fourth-order valence-corrected chi connectivity index (χ4v) is 3.34. The number of hydrogen-bond donors (Lipinski definition) is 0. The Labute approximate surface area is 150 Å². The molecule has 1 unspecified atom stereocenters. The van der Waals surface area contributed by atoms with E-state index in [2.05, 4.69) is 22.0 Å². The Bertz CT molecular complexity index is 913. The molecule has 4 rings (SSSR count). The standard InChI is InChI=1S/C18H18ClFN4O/c1-23-8-2-3-13(11-23)25-18-7-6-17-21-10-16(24(17)22-18)12-4-5-15(20)14(19)9-12/h4-7,9-10,13H,2-3,8,11H2,1H3. The van der Waals surface area contributed by atoms with Crippen molar-refractivity contribution >= 4 is 17.2 Å². The summed E-state index contributed by atoms with van der Waals surface area (Å²) in [6, 6.07) is 8.28. The molecule has 1 aliphatic heterocycles. The lowest BCUT2D eigenvalue weighted by Crippen LogP contribution is -2.38. The predicted molar refractivity (Wildman–Crippen MR) is 94.5 cm³/mol. The number of fused-ring (bicyclic) bond motifs is 1. The van der Waals surface area contributed by atoms with Gasteiger partial charge in [0.2, 0.25) is 5.88 Å². The molecule has 1 saturated heterocycles. The molecule has 25 heavy (non-hydrogen) atoms. The SMILES string of the molecule is CN1CCCC(Oc2ccc3ncc(-c4ccc(F)c(Cl)c4)n3n2)C1. The van der Waals surface area contributed by atoms with Crippen molar-refractivity contribution in [3.8, 4) is 17.1 Å². The quantitative estimate of drug-likeness (QED) is 0.715. The van der Waals surface area contributed by atoms with Crippen molar-refractivity contribution in [3.05, 3.63) is 47.4 Å². The maximum absolute atomic E-state index is 13.4. The van der Waals surface area contributed by atoms with Crippen LogP contribution in [0, 0.1) is 5.82 Å². The molecule has 5 nitrogen and oxygen atoms in total. The van der Waals surface area contributed by atoms with E-state index in [0.29, 0.717) is 11.5 Å². The number of likely N-dealkylation sites (tertiary alicyclic amines) is 1. The molecule has 3 aromatic rings. The van der Waals surface area contributed by atoms with Crippen LogP contribution in [-0.4, -0.2) is 45.7 Å². The Morgan fingerprint density at radius 1 is 1.28 bits per heavy atom. The first-order valence-corrected chi connectivity index (χ1v) is 8.63. The molecule has 0 aliphatic carbocycles. The Morgan fingerprint density at radius 2 is 2.16 bits per heavy atom. The van der Waals surface area contributed by atoms with Gasteiger partial charge in [0.25, 0.3) is 0 Å². The number of imidazole rings is 1. The summed E-state index contributed by atoms with van der Waals surface area (Å²) in [5.74, 6) is 0.109. The van der Waals surface area contributed by atoms with Crippen molar-refractivity contribution in [2.24, 2.45) is 0 Å². The molecule has 1 aliphatic rings. The van der Waals surface area contributed by atoms with Gasteiger partial charge in [-0.2, -0.15) is 0 Å². The van der Waals surface area contributed by atoms with Crippen molar-refractivity contribution in [1.82, 2.24) is 19.5 Å². The summed E-state index contributed by atoms with van der Waals surface area (Å²) < 4.78 is 21.2. The van der Waals surface area contributed by atoms with Crippen molar-refractivity contribution in [1.29, 1.82) is 0 Å². The molecule has 0 radical (unpaired) electrons. The first-order chi connectivity index (χ1) is 12.1. The van der Waals surface area contributed by atoms with E-state index in [1.165, 1.54) is 6.07 Å². The third-order valence-corrected chi connectivity index (χ3v) is 4.71. The third kappa shape index (κ3) is 3.32. The van der Waals surface area contributed by atoms with Gasteiger partial charge in [-0.3, -0.25) is 0 Å². The Balaban J connectivity index is 1.66. The van der Waals surface area contributed by atoms with Crippen LogP contribution in [0.15, 0.2) is 36.5 Å². The van der Waals surface area contributed by atoms with Gasteiger partial charge in [-0.15, -0.1) is 5.10 Å². The number of likely N-dealkylation sites (N-methyl/N-ethyl adjacent to an activating group) is 1. The van der Waals surface area contributed by atoms with Crippen molar-refractivity contribution < 1.29 is 9.13 Å². The molecule has 7 heteroatoms. The lowest BCUT2D eigenvalue weighted by molar-refractivity contribution is 0.0988. The van der Waals surface area contributed by atoms with E-state index in [1.54, 1.807) is 22.8 Å². The monoisotopic (exact) mass is 360 g/mol. The van der Waals surface area contributed by atoms with Gasteiger partial charge in [0.15, 0.2) is 5.65 Å². The number of aromatic nitrogens is 3. The molecule has 0 bridgehead atoms. The minimum atomic E-state index is -0.447. The zero-order valence-corrected chi connectivity index (χ0v) is 14.6. The number of hydrogen-bond acceptors (Lipinski definition) is 4. The Hall–Kier alpha value is -2.18. The molecule has 1 fully saturated rings. The zero-order valence-electron chi connectivity index (χ0n) is 13.8. The van der Waals surface area contributed by atoms with Crippen LogP contribution in [0.4, 0.5) is 4.39 Å². The van der Waals surface area contributed by atoms with Crippen LogP contribution in [0.2, 0.25) is 5.02 Å². The third-order valence-electron chi connectivity index (χ3n) is 4.42. The number of rotatable bonds is 3. The highest BCUT2D eigenvalue weighted by molar-refractivity contribution is 6.31. The van der Waals surface area contributed by atoms with Crippen molar-refractivity contribution in [2.45, 2.75) is 18.9 Å². The van der Waals surface area contributed by atoms with Gasteiger partial charge in [0, 0.05) is 18.2 Å². The van der Waals surface area contributed by atoms with E-state index >= 15 is 0 Å². The highest BCUT2D eigenvalue weighted by atomic mass is 35.5. The van der Waals surface area contributed by atoms with Gasteiger partial charge >= 0.3 is 0 Å². The van der Waals surface area contributed by atoms with Crippen LogP contribution < -0.4 is 4.74 Å². The van der Waals surface area contributed by atoms with Crippen LogP contribution in [-0.2, 0) is 0 Å². The van der Waals surface area contributed by atoms with E-state index in [4.69, 9.17) is 16.3 Å². The number of benzene rings is 1. The Morgan fingerprint density at radius 3 is 2.96 bits per heavy atom. The molecule has 3 heterocycles. The molecule has 130 valence electrons. The molecular formula is C18H18ClFN4O. The van der Waals surface area contributed by atoms with E-state index in [-0.39, 0.29) is 11.1 Å². The van der Waals surface area contributed by atoms with Crippen LogP contribution in [0.5, 0.6) is 5.88 Å². The Kier molecular flexibility index (Phi) is 4.31. The van der Waals surface area contributed by atoms with Gasteiger partial charge in [-0.05, 0) is 50.7 Å². The fourth-order valence-electron chi connectivity index (χ4n) is 3.16. The maximum Gasteiger partial charge on any atom is 0.232 e. The summed E-state index contributed by atoms with van der Waals surface area (Å²) in [6.07, 6.45) is 3.97. The van der Waals surface area contributed by atoms with Gasteiger partial charge in [-0.25, -0.2) is 13.9 Å². The van der Waals surface area contributed by atoms with E-state index in [9.17, 15) is 4.39 Å². The number of halogens is 2. The van der Waals surface area contributed by atoms with Crippen LogP contribution in [0.25, 0.3) is 16.9 Å². The predicted octanol–water partition coefficient (Wildman–Crippen LogP) is 3.66. The second-order valence-electron chi connectivity index (χ2n) is 6.36. The first-order valence-electron chi connectivity index (χ1n) is 8.25. The second-order valence-corrected chi connectivity index (χ2v) is 6.77. The largest absolute Gasteiger partial charge is 0.472 e. The molecule has 0 N–H and O–H groups in total. The molecule has 1 atom stereocenters. The molecule has 0 spiro atoms. The number of nitrogens with zero attached hydrogens (tertiary/aromatic N) is 4. The average molecular weight is 361 g/mol. The summed E-state index contributed by atoms with van der Waals surface area (Å²) in [6.45, 7) is 1.99. The highest BCUT2D eigenvalue weighted by Gasteiger charge is 2.19.